The lowest BCUT2D eigenvalue weighted by atomic mass is 9.88. The van der Waals surface area contributed by atoms with Gasteiger partial charge in [0.25, 0.3) is 0 Å². The van der Waals surface area contributed by atoms with Gasteiger partial charge in [-0.3, -0.25) is 4.79 Å². The smallest absolute Gasteiger partial charge is 0.320 e. The fourth-order valence-electron chi connectivity index (χ4n) is 2.10. The Kier molecular flexibility index (Phi) is 5.27. The van der Waals surface area contributed by atoms with Gasteiger partial charge in [0.1, 0.15) is 0 Å². The summed E-state index contributed by atoms with van der Waals surface area (Å²) in [6.07, 6.45) is 7.39. The van der Waals surface area contributed by atoms with E-state index < -0.39 is 21.7 Å². The van der Waals surface area contributed by atoms with E-state index in [1.807, 2.05) is 6.26 Å². The van der Waals surface area contributed by atoms with Crippen molar-refractivity contribution in [3.63, 3.8) is 0 Å². The topological polar surface area (TPSA) is 83.5 Å². The van der Waals surface area contributed by atoms with Crippen LogP contribution in [-0.4, -0.2) is 42.8 Å². The van der Waals surface area contributed by atoms with Gasteiger partial charge in [0.05, 0.1) is 0 Å². The molecule has 0 radical (unpaired) electrons. The third-order valence-electron chi connectivity index (χ3n) is 3.13. The molecule has 0 amide bonds. The molecule has 1 fully saturated rings. The van der Waals surface area contributed by atoms with Gasteiger partial charge >= 0.3 is 5.97 Å². The summed E-state index contributed by atoms with van der Waals surface area (Å²) in [7, 11) is -3.69. The maximum Gasteiger partial charge on any atom is 0.320 e. The Bertz CT molecular complexity index is 361. The van der Waals surface area contributed by atoms with E-state index in [1.165, 1.54) is 6.42 Å². The molecule has 17 heavy (non-hydrogen) atoms. The quantitative estimate of drug-likeness (QED) is 0.760. The number of carboxylic acid groups (broad SMARTS) is 1. The van der Waals surface area contributed by atoms with E-state index in [-0.39, 0.29) is 4.75 Å². The van der Waals surface area contributed by atoms with Crippen molar-refractivity contribution in [2.45, 2.75) is 36.9 Å². The zero-order valence-electron chi connectivity index (χ0n) is 9.94. The number of hydrogen-bond acceptors (Lipinski definition) is 4. The van der Waals surface area contributed by atoms with E-state index in [1.54, 1.807) is 11.8 Å². The molecule has 0 atom stereocenters. The Morgan fingerprint density at radius 2 is 1.94 bits per heavy atom. The van der Waals surface area contributed by atoms with E-state index in [9.17, 15) is 13.2 Å². The van der Waals surface area contributed by atoms with Gasteiger partial charge in [-0.15, -0.1) is 0 Å². The van der Waals surface area contributed by atoms with Crippen LogP contribution < -0.4 is 4.72 Å². The SMILES string of the molecule is CSC1(CNS(=O)(=O)CC(=O)O)CCCCC1. The van der Waals surface area contributed by atoms with Crippen molar-refractivity contribution in [2.75, 3.05) is 18.6 Å². The van der Waals surface area contributed by atoms with Crippen molar-refractivity contribution in [1.82, 2.24) is 4.72 Å². The first-order chi connectivity index (χ1) is 7.89. The summed E-state index contributed by atoms with van der Waals surface area (Å²) in [5.74, 6) is -2.17. The molecule has 0 unspecified atom stereocenters. The van der Waals surface area contributed by atoms with Gasteiger partial charge in [0.2, 0.25) is 10.0 Å². The fourth-order valence-corrected chi connectivity index (χ4v) is 4.03. The minimum Gasteiger partial charge on any atom is -0.480 e. The van der Waals surface area contributed by atoms with Crippen molar-refractivity contribution in [3.05, 3.63) is 0 Å². The molecule has 7 heteroatoms. The van der Waals surface area contributed by atoms with Gasteiger partial charge < -0.3 is 5.11 Å². The summed E-state index contributed by atoms with van der Waals surface area (Å²) in [4.78, 5) is 10.4. The number of carbonyl (C=O) groups is 1. The lowest BCUT2D eigenvalue weighted by Crippen LogP contribution is -2.43. The second-order valence-electron chi connectivity index (χ2n) is 4.42. The molecule has 0 bridgehead atoms. The highest BCUT2D eigenvalue weighted by atomic mass is 32.2. The summed E-state index contributed by atoms with van der Waals surface area (Å²) in [6, 6.07) is 0. The van der Waals surface area contributed by atoms with Gasteiger partial charge in [-0.1, -0.05) is 19.3 Å². The van der Waals surface area contributed by atoms with Crippen LogP contribution in [0.1, 0.15) is 32.1 Å². The molecule has 0 aromatic heterocycles. The Balaban J connectivity index is 2.55. The molecule has 1 saturated carbocycles. The maximum absolute atomic E-state index is 11.4. The maximum atomic E-state index is 11.4. The number of sulfonamides is 1. The molecule has 2 N–H and O–H groups in total. The van der Waals surface area contributed by atoms with Crippen molar-refractivity contribution in [1.29, 1.82) is 0 Å². The Hall–Kier alpha value is -0.270. The van der Waals surface area contributed by atoms with E-state index in [2.05, 4.69) is 4.72 Å². The second kappa shape index (κ2) is 6.06. The third-order valence-corrected chi connectivity index (χ3v) is 5.76. The number of aliphatic carboxylic acids is 1. The predicted molar refractivity (Wildman–Crippen MR) is 68.8 cm³/mol. The summed E-state index contributed by atoms with van der Waals surface area (Å²) < 4.78 is 25.3. The number of rotatable bonds is 6. The van der Waals surface area contributed by atoms with Crippen LogP contribution >= 0.6 is 11.8 Å². The monoisotopic (exact) mass is 281 g/mol. The minimum atomic E-state index is -3.69. The van der Waals surface area contributed by atoms with Gasteiger partial charge in [-0.05, 0) is 19.1 Å². The second-order valence-corrected chi connectivity index (χ2v) is 7.50. The van der Waals surface area contributed by atoms with E-state index in [0.717, 1.165) is 25.7 Å². The predicted octanol–water partition coefficient (Wildman–Crippen LogP) is 1.06. The highest BCUT2D eigenvalue weighted by Gasteiger charge is 2.32. The summed E-state index contributed by atoms with van der Waals surface area (Å²) in [6.45, 7) is 0.337. The standard InChI is InChI=1S/C10H19NO4S2/c1-16-10(5-3-2-4-6-10)8-11-17(14,15)7-9(12)13/h11H,2-8H2,1H3,(H,12,13). The molecule has 0 aromatic rings. The molecule has 0 heterocycles. The third kappa shape index (κ3) is 4.85. The molecule has 1 aliphatic carbocycles. The number of hydrogen-bond donors (Lipinski definition) is 2. The van der Waals surface area contributed by atoms with Crippen LogP contribution in [0.2, 0.25) is 0 Å². The molecule has 0 aromatic carbocycles. The van der Waals surface area contributed by atoms with Crippen LogP contribution in [0, 0.1) is 0 Å². The zero-order chi connectivity index (χ0) is 12.9. The molecule has 0 saturated heterocycles. The normalized spacial score (nSPS) is 20.1. The number of carboxylic acids is 1. The lowest BCUT2D eigenvalue weighted by molar-refractivity contribution is -0.134. The van der Waals surface area contributed by atoms with Crippen molar-refractivity contribution < 1.29 is 18.3 Å². The molecular weight excluding hydrogens is 262 g/mol. The van der Waals surface area contributed by atoms with E-state index in [0.29, 0.717) is 6.54 Å². The Morgan fingerprint density at radius 3 is 2.41 bits per heavy atom. The Labute approximate surface area is 106 Å². The fraction of sp³-hybridized carbons (Fsp3) is 0.900. The average molecular weight is 281 g/mol. The largest absolute Gasteiger partial charge is 0.480 e. The molecule has 5 nitrogen and oxygen atoms in total. The highest BCUT2D eigenvalue weighted by molar-refractivity contribution is 8.00. The molecular formula is C10H19NO4S2. The number of thioether (sulfide) groups is 1. The van der Waals surface area contributed by atoms with Crippen LogP contribution in [0.25, 0.3) is 0 Å². The van der Waals surface area contributed by atoms with Crippen LogP contribution in [0.5, 0.6) is 0 Å². The van der Waals surface area contributed by atoms with Crippen LogP contribution in [0.15, 0.2) is 0 Å². The molecule has 0 aliphatic heterocycles. The zero-order valence-corrected chi connectivity index (χ0v) is 11.6. The highest BCUT2D eigenvalue weighted by Crippen LogP contribution is 2.38. The Morgan fingerprint density at radius 1 is 1.35 bits per heavy atom. The van der Waals surface area contributed by atoms with Crippen LogP contribution in [-0.2, 0) is 14.8 Å². The van der Waals surface area contributed by atoms with Crippen molar-refractivity contribution >= 4 is 27.8 Å². The van der Waals surface area contributed by atoms with Gasteiger partial charge in [0.15, 0.2) is 5.75 Å². The number of nitrogens with one attached hydrogen (secondary N) is 1. The summed E-state index contributed by atoms with van der Waals surface area (Å²) >= 11 is 1.68. The van der Waals surface area contributed by atoms with Gasteiger partial charge in [0, 0.05) is 11.3 Å². The van der Waals surface area contributed by atoms with Gasteiger partial charge in [-0.25, -0.2) is 13.1 Å². The van der Waals surface area contributed by atoms with Crippen LogP contribution in [0.3, 0.4) is 0 Å². The van der Waals surface area contributed by atoms with Crippen molar-refractivity contribution in [3.8, 4) is 0 Å². The average Bonchev–Trinajstić information content (AvgIpc) is 2.26. The van der Waals surface area contributed by atoms with Gasteiger partial charge in [-0.2, -0.15) is 11.8 Å². The first-order valence-electron chi connectivity index (χ1n) is 5.63. The molecule has 100 valence electrons. The summed E-state index contributed by atoms with van der Waals surface area (Å²) in [5, 5.41) is 8.48. The summed E-state index contributed by atoms with van der Waals surface area (Å²) in [5.41, 5.74) is 0. The first-order valence-corrected chi connectivity index (χ1v) is 8.51. The molecule has 0 spiro atoms. The van der Waals surface area contributed by atoms with E-state index in [4.69, 9.17) is 5.11 Å². The minimum absolute atomic E-state index is 0.0518. The first kappa shape index (κ1) is 14.8. The van der Waals surface area contributed by atoms with E-state index >= 15 is 0 Å². The molecule has 1 aliphatic rings. The molecule has 1 rings (SSSR count). The van der Waals surface area contributed by atoms with Crippen LogP contribution in [0.4, 0.5) is 0 Å². The van der Waals surface area contributed by atoms with Crippen molar-refractivity contribution in [2.24, 2.45) is 0 Å². The lowest BCUT2D eigenvalue weighted by Gasteiger charge is -2.35.